The van der Waals surface area contributed by atoms with Crippen molar-refractivity contribution in [3.05, 3.63) is 24.0 Å². The van der Waals surface area contributed by atoms with Gasteiger partial charge in [0, 0.05) is 25.0 Å². The van der Waals surface area contributed by atoms with Crippen LogP contribution in [0, 0.1) is 5.41 Å². The maximum atomic E-state index is 9.12. The highest BCUT2D eigenvalue weighted by Gasteiger charge is 2.23. The van der Waals surface area contributed by atoms with Crippen LogP contribution in [0.15, 0.2) is 18.3 Å². The van der Waals surface area contributed by atoms with E-state index in [1.165, 1.54) is 24.9 Å². The summed E-state index contributed by atoms with van der Waals surface area (Å²) in [5.74, 6) is 0. The first-order chi connectivity index (χ1) is 8.11. The number of aliphatic hydroxyl groups excluding tert-OH is 1. The molecular formula is C14H22N2O. The molecule has 1 N–H and O–H groups in total. The molecule has 0 amide bonds. The summed E-state index contributed by atoms with van der Waals surface area (Å²) in [7, 11) is 0. The van der Waals surface area contributed by atoms with Crippen molar-refractivity contribution in [1.82, 2.24) is 4.98 Å². The molecule has 1 aliphatic rings. The maximum Gasteiger partial charge on any atom is 0.0853 e. The summed E-state index contributed by atoms with van der Waals surface area (Å²) in [5, 5.41) is 9.12. The van der Waals surface area contributed by atoms with Gasteiger partial charge in [-0.05, 0) is 36.8 Å². The fourth-order valence-electron chi connectivity index (χ4n) is 2.43. The first-order valence-electron chi connectivity index (χ1n) is 6.41. The van der Waals surface area contributed by atoms with Gasteiger partial charge in [-0.1, -0.05) is 13.8 Å². The van der Waals surface area contributed by atoms with Gasteiger partial charge in [0.05, 0.1) is 12.3 Å². The Kier molecular flexibility index (Phi) is 3.67. The third kappa shape index (κ3) is 3.19. The largest absolute Gasteiger partial charge is 0.390 e. The molecule has 0 atom stereocenters. The third-order valence-corrected chi connectivity index (χ3v) is 3.67. The first kappa shape index (κ1) is 12.4. The van der Waals surface area contributed by atoms with Crippen LogP contribution in [-0.4, -0.2) is 23.2 Å². The average Bonchev–Trinajstić information content (AvgIpc) is 2.50. The van der Waals surface area contributed by atoms with Gasteiger partial charge >= 0.3 is 0 Å². The molecule has 2 heterocycles. The van der Waals surface area contributed by atoms with Crippen LogP contribution in [0.4, 0.5) is 5.69 Å². The molecule has 1 saturated heterocycles. The van der Waals surface area contributed by atoms with Crippen LogP contribution in [-0.2, 0) is 6.61 Å². The summed E-state index contributed by atoms with van der Waals surface area (Å²) in [6.45, 7) is 6.93. The van der Waals surface area contributed by atoms with Gasteiger partial charge in [0.15, 0.2) is 0 Å². The number of hydrogen-bond donors (Lipinski definition) is 1. The highest BCUT2D eigenvalue weighted by atomic mass is 16.3. The summed E-state index contributed by atoms with van der Waals surface area (Å²) in [5.41, 5.74) is 2.41. The maximum absolute atomic E-state index is 9.12. The summed E-state index contributed by atoms with van der Waals surface area (Å²) < 4.78 is 0. The second kappa shape index (κ2) is 5.05. The summed E-state index contributed by atoms with van der Waals surface area (Å²) in [6, 6.07) is 4.04. The van der Waals surface area contributed by atoms with E-state index >= 15 is 0 Å². The van der Waals surface area contributed by atoms with Gasteiger partial charge in [-0.2, -0.15) is 0 Å². The normalized spacial score (nSPS) is 20.1. The average molecular weight is 234 g/mol. The molecule has 0 radical (unpaired) electrons. The molecule has 0 aliphatic carbocycles. The van der Waals surface area contributed by atoms with E-state index in [9.17, 15) is 0 Å². The summed E-state index contributed by atoms with van der Waals surface area (Å²) in [6.07, 6.45) is 5.55. The van der Waals surface area contributed by atoms with Gasteiger partial charge in [0.25, 0.3) is 0 Å². The zero-order valence-corrected chi connectivity index (χ0v) is 10.8. The van der Waals surface area contributed by atoms with Gasteiger partial charge < -0.3 is 10.0 Å². The minimum absolute atomic E-state index is 0.0210. The Bertz CT molecular complexity index is 376. The van der Waals surface area contributed by atoms with E-state index in [-0.39, 0.29) is 6.61 Å². The molecule has 3 heteroatoms. The van der Waals surface area contributed by atoms with E-state index in [2.05, 4.69) is 23.7 Å². The predicted molar refractivity (Wildman–Crippen MR) is 70.0 cm³/mol. The monoisotopic (exact) mass is 234 g/mol. The van der Waals surface area contributed by atoms with Crippen molar-refractivity contribution in [3.63, 3.8) is 0 Å². The predicted octanol–water partition coefficient (Wildman–Crippen LogP) is 2.59. The van der Waals surface area contributed by atoms with E-state index in [1.54, 1.807) is 6.20 Å². The molecule has 1 aromatic rings. The third-order valence-electron chi connectivity index (χ3n) is 3.67. The van der Waals surface area contributed by atoms with Crippen molar-refractivity contribution in [2.75, 3.05) is 18.0 Å². The quantitative estimate of drug-likeness (QED) is 0.854. The minimum Gasteiger partial charge on any atom is -0.390 e. The zero-order valence-electron chi connectivity index (χ0n) is 10.8. The van der Waals surface area contributed by atoms with Crippen LogP contribution in [0.1, 0.15) is 38.8 Å². The SMILES string of the molecule is CC1(C)CCCN(c2ccnc(CO)c2)CC1. The van der Waals surface area contributed by atoms with E-state index in [0.717, 1.165) is 18.8 Å². The lowest BCUT2D eigenvalue weighted by atomic mass is 9.85. The molecule has 0 unspecified atom stereocenters. The highest BCUT2D eigenvalue weighted by Crippen LogP contribution is 2.31. The number of anilines is 1. The topological polar surface area (TPSA) is 36.4 Å². The Morgan fingerprint density at radius 2 is 2.18 bits per heavy atom. The Balaban J connectivity index is 2.11. The molecule has 3 nitrogen and oxygen atoms in total. The molecule has 94 valence electrons. The molecule has 1 aliphatic heterocycles. The molecule has 0 bridgehead atoms. The number of hydrogen-bond acceptors (Lipinski definition) is 3. The Morgan fingerprint density at radius 1 is 1.35 bits per heavy atom. The van der Waals surface area contributed by atoms with Crippen molar-refractivity contribution in [1.29, 1.82) is 0 Å². The van der Waals surface area contributed by atoms with Gasteiger partial charge in [-0.15, -0.1) is 0 Å². The smallest absolute Gasteiger partial charge is 0.0853 e. The number of aromatic nitrogens is 1. The summed E-state index contributed by atoms with van der Waals surface area (Å²) in [4.78, 5) is 6.54. The lowest BCUT2D eigenvalue weighted by molar-refractivity contribution is 0.277. The van der Waals surface area contributed by atoms with Gasteiger partial charge in [-0.25, -0.2) is 0 Å². The standard InChI is InChI=1S/C14H22N2O/c1-14(2)5-3-8-16(9-6-14)13-4-7-15-12(10-13)11-17/h4,7,10,17H,3,5-6,8-9,11H2,1-2H3. The highest BCUT2D eigenvalue weighted by molar-refractivity contribution is 5.46. The molecule has 0 saturated carbocycles. The van der Waals surface area contributed by atoms with E-state index < -0.39 is 0 Å². The molecule has 17 heavy (non-hydrogen) atoms. The molecule has 2 rings (SSSR count). The van der Waals surface area contributed by atoms with Gasteiger partial charge in [-0.3, -0.25) is 4.98 Å². The molecular weight excluding hydrogens is 212 g/mol. The van der Waals surface area contributed by atoms with E-state index in [0.29, 0.717) is 5.41 Å². The number of rotatable bonds is 2. The molecule has 0 spiro atoms. The van der Waals surface area contributed by atoms with Gasteiger partial charge in [0.2, 0.25) is 0 Å². The fraction of sp³-hybridized carbons (Fsp3) is 0.643. The van der Waals surface area contributed by atoms with Crippen molar-refractivity contribution >= 4 is 5.69 Å². The van der Waals surface area contributed by atoms with E-state index in [4.69, 9.17) is 5.11 Å². The molecule has 1 aromatic heterocycles. The van der Waals surface area contributed by atoms with Crippen LogP contribution in [0.2, 0.25) is 0 Å². The number of nitrogens with zero attached hydrogens (tertiary/aromatic N) is 2. The lowest BCUT2D eigenvalue weighted by Crippen LogP contribution is -2.25. The number of aliphatic hydroxyl groups is 1. The fourth-order valence-corrected chi connectivity index (χ4v) is 2.43. The van der Waals surface area contributed by atoms with Crippen molar-refractivity contribution in [3.8, 4) is 0 Å². The molecule has 0 aromatic carbocycles. The van der Waals surface area contributed by atoms with Crippen molar-refractivity contribution < 1.29 is 5.11 Å². The van der Waals surface area contributed by atoms with Crippen LogP contribution < -0.4 is 4.90 Å². The summed E-state index contributed by atoms with van der Waals surface area (Å²) >= 11 is 0. The van der Waals surface area contributed by atoms with Crippen LogP contribution >= 0.6 is 0 Å². The first-order valence-corrected chi connectivity index (χ1v) is 6.41. The Labute approximate surface area is 103 Å². The number of pyridine rings is 1. The van der Waals surface area contributed by atoms with Crippen molar-refractivity contribution in [2.45, 2.75) is 39.7 Å². The Morgan fingerprint density at radius 3 is 2.94 bits per heavy atom. The second-order valence-corrected chi connectivity index (χ2v) is 5.67. The Hall–Kier alpha value is -1.09. The molecule has 1 fully saturated rings. The van der Waals surface area contributed by atoms with Crippen molar-refractivity contribution in [2.24, 2.45) is 5.41 Å². The lowest BCUT2D eigenvalue weighted by Gasteiger charge is -2.25. The van der Waals surface area contributed by atoms with Crippen LogP contribution in [0.3, 0.4) is 0 Å². The van der Waals surface area contributed by atoms with Crippen LogP contribution in [0.5, 0.6) is 0 Å². The zero-order chi connectivity index (χ0) is 12.3. The minimum atomic E-state index is 0.0210. The second-order valence-electron chi connectivity index (χ2n) is 5.67. The van der Waals surface area contributed by atoms with Gasteiger partial charge in [0.1, 0.15) is 0 Å². The van der Waals surface area contributed by atoms with E-state index in [1.807, 2.05) is 12.1 Å². The van der Waals surface area contributed by atoms with Crippen LogP contribution in [0.25, 0.3) is 0 Å².